The largest absolute Gasteiger partial charge is 0.494 e. The first-order valence-electron chi connectivity index (χ1n) is 7.00. The summed E-state index contributed by atoms with van der Waals surface area (Å²) in [6, 6.07) is 13.2. The molecule has 112 valence electrons. The summed E-state index contributed by atoms with van der Waals surface area (Å²) in [6.45, 7) is 4.02. The molecule has 3 rings (SSSR count). The van der Waals surface area contributed by atoms with Crippen LogP contribution in [0.15, 0.2) is 48.7 Å². The van der Waals surface area contributed by atoms with Crippen molar-refractivity contribution >= 4 is 28.7 Å². The first-order valence-corrected chi connectivity index (χ1v) is 7.38. The molecule has 0 aliphatic rings. The fourth-order valence-corrected chi connectivity index (χ4v) is 3.05. The lowest BCUT2D eigenvalue weighted by Gasteiger charge is -2.28. The summed E-state index contributed by atoms with van der Waals surface area (Å²) in [7, 11) is 0. The number of carbonyl (C=O) groups excluding carboxylic acids is 1. The number of aromatic nitrogens is 1. The molecule has 0 spiro atoms. The van der Waals surface area contributed by atoms with Crippen LogP contribution in [0.2, 0.25) is 5.02 Å². The Kier molecular flexibility index (Phi) is 3.45. The number of benzene rings is 2. The van der Waals surface area contributed by atoms with Crippen LogP contribution in [0, 0.1) is 0 Å². The Balaban J connectivity index is 2.31. The van der Waals surface area contributed by atoms with E-state index in [2.05, 4.69) is 0 Å². The van der Waals surface area contributed by atoms with Gasteiger partial charge in [-0.3, -0.25) is 4.79 Å². The predicted octanol–water partition coefficient (Wildman–Crippen LogP) is 4.60. The first-order chi connectivity index (χ1) is 10.5. The third-order valence-electron chi connectivity index (χ3n) is 4.15. The van der Waals surface area contributed by atoms with Crippen molar-refractivity contribution < 1.29 is 9.90 Å². The highest BCUT2D eigenvalue weighted by molar-refractivity contribution is 6.36. The summed E-state index contributed by atoms with van der Waals surface area (Å²) in [5.74, 6) is 0.0672. The fraction of sp³-hybridized carbons (Fsp3) is 0.167. The third-order valence-corrected chi connectivity index (χ3v) is 4.46. The van der Waals surface area contributed by atoms with Gasteiger partial charge in [0.25, 0.3) is 0 Å². The van der Waals surface area contributed by atoms with E-state index >= 15 is 0 Å². The zero-order valence-electron chi connectivity index (χ0n) is 12.4. The van der Waals surface area contributed by atoms with Gasteiger partial charge in [0.05, 0.1) is 15.9 Å². The molecule has 0 unspecified atom stereocenters. The average molecular weight is 314 g/mol. The van der Waals surface area contributed by atoms with Gasteiger partial charge < -0.3 is 9.67 Å². The average Bonchev–Trinajstić information content (AvgIpc) is 2.88. The van der Waals surface area contributed by atoms with E-state index in [-0.39, 0.29) is 5.88 Å². The van der Waals surface area contributed by atoms with Crippen LogP contribution in [-0.4, -0.2) is 16.0 Å². The van der Waals surface area contributed by atoms with Gasteiger partial charge in [0.1, 0.15) is 0 Å². The van der Waals surface area contributed by atoms with Gasteiger partial charge in [0, 0.05) is 17.1 Å². The SMILES string of the molecule is CC(C)(c1ccccc1)n1cc2c(C=O)ccc(Cl)c2c1O. The summed E-state index contributed by atoms with van der Waals surface area (Å²) in [4.78, 5) is 11.2. The van der Waals surface area contributed by atoms with Crippen molar-refractivity contribution in [3.8, 4) is 5.88 Å². The van der Waals surface area contributed by atoms with Crippen molar-refractivity contribution in [3.63, 3.8) is 0 Å². The van der Waals surface area contributed by atoms with E-state index < -0.39 is 5.54 Å². The summed E-state index contributed by atoms with van der Waals surface area (Å²) in [5, 5.41) is 12.2. The van der Waals surface area contributed by atoms with Crippen molar-refractivity contribution in [1.29, 1.82) is 0 Å². The molecule has 0 aliphatic heterocycles. The van der Waals surface area contributed by atoms with Gasteiger partial charge in [-0.2, -0.15) is 0 Å². The molecule has 0 amide bonds. The highest BCUT2D eigenvalue weighted by atomic mass is 35.5. The molecule has 3 nitrogen and oxygen atoms in total. The van der Waals surface area contributed by atoms with E-state index in [1.54, 1.807) is 22.9 Å². The summed E-state index contributed by atoms with van der Waals surface area (Å²) in [6.07, 6.45) is 2.56. The Bertz CT molecular complexity index is 850. The number of hydrogen-bond donors (Lipinski definition) is 1. The second kappa shape index (κ2) is 5.18. The molecule has 1 heterocycles. The summed E-state index contributed by atoms with van der Waals surface area (Å²) < 4.78 is 1.76. The van der Waals surface area contributed by atoms with E-state index in [1.165, 1.54) is 0 Å². The highest BCUT2D eigenvalue weighted by Gasteiger charge is 2.27. The quantitative estimate of drug-likeness (QED) is 0.718. The molecule has 0 aliphatic carbocycles. The predicted molar refractivity (Wildman–Crippen MR) is 88.9 cm³/mol. The fourth-order valence-electron chi connectivity index (χ4n) is 2.80. The minimum atomic E-state index is -0.478. The van der Waals surface area contributed by atoms with Crippen molar-refractivity contribution in [2.24, 2.45) is 0 Å². The lowest BCUT2D eigenvalue weighted by molar-refractivity contribution is 0.112. The maximum absolute atomic E-state index is 11.2. The molecule has 0 saturated carbocycles. The standard InChI is InChI=1S/C18H16ClNO2/c1-18(2,13-6-4-3-5-7-13)20-10-14-12(11-21)8-9-15(19)16(14)17(20)22/h3-11,22H,1-2H3. The van der Waals surface area contributed by atoms with Gasteiger partial charge in [0.2, 0.25) is 5.88 Å². The first kappa shape index (κ1) is 14.7. The smallest absolute Gasteiger partial charge is 0.201 e. The molecule has 3 aromatic rings. The third kappa shape index (κ3) is 2.09. The van der Waals surface area contributed by atoms with Crippen LogP contribution in [0.25, 0.3) is 10.8 Å². The lowest BCUT2D eigenvalue weighted by Crippen LogP contribution is -2.26. The Morgan fingerprint density at radius 1 is 1.14 bits per heavy atom. The molecule has 4 heteroatoms. The molecule has 0 atom stereocenters. The second-order valence-corrected chi connectivity index (χ2v) is 6.20. The Morgan fingerprint density at radius 3 is 2.45 bits per heavy atom. The van der Waals surface area contributed by atoms with Crippen molar-refractivity contribution in [2.45, 2.75) is 19.4 Å². The zero-order valence-corrected chi connectivity index (χ0v) is 13.1. The molecule has 22 heavy (non-hydrogen) atoms. The van der Waals surface area contributed by atoms with Gasteiger partial charge in [-0.1, -0.05) is 41.9 Å². The van der Waals surface area contributed by atoms with E-state index in [4.69, 9.17) is 11.6 Å². The van der Waals surface area contributed by atoms with E-state index in [9.17, 15) is 9.90 Å². The highest BCUT2D eigenvalue weighted by Crippen LogP contribution is 2.40. The molecular formula is C18H16ClNO2. The molecule has 0 radical (unpaired) electrons. The number of nitrogens with zero attached hydrogens (tertiary/aromatic N) is 1. The number of aromatic hydroxyl groups is 1. The molecule has 2 aromatic carbocycles. The van der Waals surface area contributed by atoms with Gasteiger partial charge in [-0.25, -0.2) is 0 Å². The number of aldehydes is 1. The van der Waals surface area contributed by atoms with Crippen molar-refractivity contribution in [3.05, 3.63) is 64.8 Å². The minimum Gasteiger partial charge on any atom is -0.494 e. The minimum absolute atomic E-state index is 0.0672. The number of fused-ring (bicyclic) bond motifs is 1. The van der Waals surface area contributed by atoms with Crippen LogP contribution < -0.4 is 0 Å². The number of rotatable bonds is 3. The molecule has 1 aromatic heterocycles. The Labute approximate surface area is 133 Å². The van der Waals surface area contributed by atoms with Crippen LogP contribution in [-0.2, 0) is 5.54 Å². The topological polar surface area (TPSA) is 42.2 Å². The normalized spacial score (nSPS) is 11.8. The Hall–Kier alpha value is -2.26. The van der Waals surface area contributed by atoms with Gasteiger partial charge in [0.15, 0.2) is 6.29 Å². The van der Waals surface area contributed by atoms with Crippen LogP contribution in [0.1, 0.15) is 29.8 Å². The summed E-state index contributed by atoms with van der Waals surface area (Å²) in [5.41, 5.74) is 1.08. The van der Waals surface area contributed by atoms with Gasteiger partial charge in [-0.05, 0) is 31.5 Å². The second-order valence-electron chi connectivity index (χ2n) is 5.79. The molecule has 0 saturated heterocycles. The molecular weight excluding hydrogens is 298 g/mol. The van der Waals surface area contributed by atoms with Crippen molar-refractivity contribution in [1.82, 2.24) is 4.57 Å². The van der Waals surface area contributed by atoms with Gasteiger partial charge >= 0.3 is 0 Å². The Morgan fingerprint density at radius 2 is 1.82 bits per heavy atom. The zero-order chi connectivity index (χ0) is 15.9. The molecule has 1 N–H and O–H groups in total. The summed E-state index contributed by atoms with van der Waals surface area (Å²) >= 11 is 6.21. The lowest BCUT2D eigenvalue weighted by atomic mass is 9.94. The van der Waals surface area contributed by atoms with Crippen molar-refractivity contribution in [2.75, 3.05) is 0 Å². The van der Waals surface area contributed by atoms with E-state index in [1.807, 2.05) is 44.2 Å². The monoisotopic (exact) mass is 313 g/mol. The van der Waals surface area contributed by atoms with Crippen LogP contribution in [0.5, 0.6) is 5.88 Å². The number of carbonyl (C=O) groups is 1. The van der Waals surface area contributed by atoms with Crippen LogP contribution in [0.3, 0.4) is 0 Å². The number of halogens is 1. The van der Waals surface area contributed by atoms with E-state index in [0.717, 1.165) is 11.8 Å². The van der Waals surface area contributed by atoms with Gasteiger partial charge in [-0.15, -0.1) is 0 Å². The van der Waals surface area contributed by atoms with E-state index in [0.29, 0.717) is 21.4 Å². The molecule has 0 fully saturated rings. The maximum atomic E-state index is 11.2. The molecule has 0 bridgehead atoms. The number of hydrogen-bond acceptors (Lipinski definition) is 2. The maximum Gasteiger partial charge on any atom is 0.201 e. The van der Waals surface area contributed by atoms with Crippen LogP contribution >= 0.6 is 11.6 Å². The van der Waals surface area contributed by atoms with Crippen LogP contribution in [0.4, 0.5) is 0 Å².